The number of hydrogen-bond acceptors (Lipinski definition) is 2. The highest BCUT2D eigenvalue weighted by molar-refractivity contribution is 9.26. The fourth-order valence-electron chi connectivity index (χ4n) is 2.35. The molecule has 0 aromatic rings. The van der Waals surface area contributed by atoms with Crippen molar-refractivity contribution in [2.75, 3.05) is 6.61 Å². The van der Waals surface area contributed by atoms with Gasteiger partial charge in [0.1, 0.15) is 6.69 Å². The largest absolute Gasteiger partial charge is 0.462 e. The van der Waals surface area contributed by atoms with E-state index in [1.807, 2.05) is 0 Å². The molecule has 0 saturated carbocycles. The van der Waals surface area contributed by atoms with Crippen LogP contribution in [0.25, 0.3) is 0 Å². The van der Waals surface area contributed by atoms with Gasteiger partial charge in [0, 0.05) is 5.57 Å². The maximum atomic E-state index is 11.2. The summed E-state index contributed by atoms with van der Waals surface area (Å²) < 4.78 is 5.07. The minimum Gasteiger partial charge on any atom is -0.462 e. The van der Waals surface area contributed by atoms with Crippen LogP contribution in [0, 0.1) is 0 Å². The zero-order valence-electron chi connectivity index (χ0n) is 14.9. The molecule has 0 fully saturated rings. The lowest BCUT2D eigenvalue weighted by Crippen LogP contribution is -2.13. The Morgan fingerprint density at radius 2 is 1.32 bits per heavy atom. The second-order valence-electron chi connectivity index (χ2n) is 6.92. The van der Waals surface area contributed by atoms with Crippen molar-refractivity contribution in [3.8, 4) is 0 Å². The van der Waals surface area contributed by atoms with E-state index in [-0.39, 0.29) is 5.97 Å². The highest BCUT2D eigenvalue weighted by Gasteiger charge is 2.14. The molecule has 22 heavy (non-hydrogen) atoms. The SMILES string of the molecule is C=C(C)C(=O)OCCCCCCCCCCCC[Si](C)(C)Br. The minimum absolute atomic E-state index is 0.258. The monoisotopic (exact) mass is 390 g/mol. The van der Waals surface area contributed by atoms with Crippen LogP contribution in [-0.4, -0.2) is 19.3 Å². The number of esters is 1. The normalized spacial score (nSPS) is 11.5. The van der Waals surface area contributed by atoms with Gasteiger partial charge in [-0.2, -0.15) is 0 Å². The standard InChI is InChI=1S/C18H35BrO2Si/c1-17(2)18(20)21-15-13-11-9-7-5-6-8-10-12-14-16-22(3,4)19/h1,5-16H2,2-4H3. The summed E-state index contributed by atoms with van der Waals surface area (Å²) in [4.78, 5) is 11.2. The summed E-state index contributed by atoms with van der Waals surface area (Å²) >= 11 is 3.83. The molecule has 130 valence electrons. The summed E-state index contributed by atoms with van der Waals surface area (Å²) in [5, 5.41) is 0. The summed E-state index contributed by atoms with van der Waals surface area (Å²) in [5.41, 5.74) is 0.488. The molecule has 0 amide bonds. The molecule has 0 rings (SSSR count). The zero-order valence-corrected chi connectivity index (χ0v) is 17.5. The van der Waals surface area contributed by atoms with E-state index < -0.39 is 6.69 Å². The van der Waals surface area contributed by atoms with Gasteiger partial charge in [-0.15, -0.1) is 15.3 Å². The number of unbranched alkanes of at least 4 members (excludes halogenated alkanes) is 9. The smallest absolute Gasteiger partial charge is 0.333 e. The van der Waals surface area contributed by atoms with Crippen LogP contribution in [0.3, 0.4) is 0 Å². The van der Waals surface area contributed by atoms with E-state index in [1.165, 1.54) is 57.4 Å². The predicted octanol–water partition coefficient (Wildman–Crippen LogP) is 6.61. The molecular weight excluding hydrogens is 356 g/mol. The van der Waals surface area contributed by atoms with Crippen molar-refractivity contribution in [2.45, 2.75) is 90.3 Å². The van der Waals surface area contributed by atoms with Crippen LogP contribution < -0.4 is 0 Å². The van der Waals surface area contributed by atoms with Gasteiger partial charge in [0.25, 0.3) is 0 Å². The zero-order chi connectivity index (χ0) is 16.8. The first-order valence-corrected chi connectivity index (χ1v) is 14.3. The van der Waals surface area contributed by atoms with Gasteiger partial charge in [0.05, 0.1) is 6.61 Å². The van der Waals surface area contributed by atoms with Crippen molar-refractivity contribution in [2.24, 2.45) is 0 Å². The number of rotatable bonds is 14. The number of halogens is 1. The summed E-state index contributed by atoms with van der Waals surface area (Å²) in [7, 11) is 0. The van der Waals surface area contributed by atoms with Crippen molar-refractivity contribution in [1.29, 1.82) is 0 Å². The number of carbonyl (C=O) groups is 1. The van der Waals surface area contributed by atoms with Gasteiger partial charge < -0.3 is 4.74 Å². The van der Waals surface area contributed by atoms with Crippen molar-refractivity contribution in [3.63, 3.8) is 0 Å². The van der Waals surface area contributed by atoms with Crippen LogP contribution in [0.4, 0.5) is 0 Å². The second kappa shape index (κ2) is 13.4. The van der Waals surface area contributed by atoms with Crippen LogP contribution in [0.2, 0.25) is 19.1 Å². The Labute approximate surface area is 146 Å². The van der Waals surface area contributed by atoms with Gasteiger partial charge >= 0.3 is 5.97 Å². The first-order chi connectivity index (χ1) is 10.3. The van der Waals surface area contributed by atoms with Crippen LogP contribution in [0.1, 0.15) is 71.1 Å². The molecule has 0 aliphatic rings. The molecule has 0 N–H and O–H groups in total. The predicted molar refractivity (Wildman–Crippen MR) is 103 cm³/mol. The lowest BCUT2D eigenvalue weighted by molar-refractivity contribution is -0.139. The van der Waals surface area contributed by atoms with Gasteiger partial charge in [-0.3, -0.25) is 0 Å². The van der Waals surface area contributed by atoms with E-state index >= 15 is 0 Å². The third kappa shape index (κ3) is 16.3. The fourth-order valence-corrected chi connectivity index (χ4v) is 4.28. The van der Waals surface area contributed by atoms with Crippen molar-refractivity contribution in [3.05, 3.63) is 12.2 Å². The molecule has 0 aliphatic carbocycles. The Kier molecular flexibility index (Phi) is 13.3. The van der Waals surface area contributed by atoms with Crippen molar-refractivity contribution in [1.82, 2.24) is 0 Å². The Morgan fingerprint density at radius 1 is 0.909 bits per heavy atom. The van der Waals surface area contributed by atoms with Crippen molar-refractivity contribution < 1.29 is 9.53 Å². The van der Waals surface area contributed by atoms with E-state index in [1.54, 1.807) is 6.92 Å². The first-order valence-electron chi connectivity index (χ1n) is 8.84. The third-order valence-corrected chi connectivity index (χ3v) is 6.48. The van der Waals surface area contributed by atoms with Crippen molar-refractivity contribution >= 4 is 28.0 Å². The van der Waals surface area contributed by atoms with Gasteiger partial charge in [0.2, 0.25) is 0 Å². The Morgan fingerprint density at radius 3 is 1.73 bits per heavy atom. The maximum Gasteiger partial charge on any atom is 0.333 e. The van der Waals surface area contributed by atoms with E-state index in [4.69, 9.17) is 4.74 Å². The Hall–Kier alpha value is -0.0931. The highest BCUT2D eigenvalue weighted by Crippen LogP contribution is 2.21. The summed E-state index contributed by atoms with van der Waals surface area (Å²) in [6.45, 7) is 9.56. The molecule has 4 heteroatoms. The molecule has 0 spiro atoms. The molecule has 0 aromatic heterocycles. The average molecular weight is 391 g/mol. The molecule has 2 nitrogen and oxygen atoms in total. The van der Waals surface area contributed by atoms with E-state index in [2.05, 4.69) is 35.0 Å². The molecule has 0 aliphatic heterocycles. The minimum atomic E-state index is -0.992. The lowest BCUT2D eigenvalue weighted by Gasteiger charge is -2.12. The molecule has 0 heterocycles. The van der Waals surface area contributed by atoms with E-state index in [0.717, 1.165) is 12.8 Å². The number of ether oxygens (including phenoxy) is 1. The van der Waals surface area contributed by atoms with Gasteiger partial charge in [-0.05, 0) is 19.4 Å². The average Bonchev–Trinajstić information content (AvgIpc) is 2.42. The number of hydrogen-bond donors (Lipinski definition) is 0. The van der Waals surface area contributed by atoms with Crippen LogP contribution in [0.15, 0.2) is 12.2 Å². The Balaban J connectivity index is 3.15. The lowest BCUT2D eigenvalue weighted by atomic mass is 10.1. The van der Waals surface area contributed by atoms with Gasteiger partial charge in [-0.1, -0.05) is 77.5 Å². The van der Waals surface area contributed by atoms with E-state index in [9.17, 15) is 4.79 Å². The summed E-state index contributed by atoms with van der Waals surface area (Å²) in [6.07, 6.45) is 13.0. The highest BCUT2D eigenvalue weighted by atomic mass is 79.9. The number of carbonyl (C=O) groups excluding carboxylic acids is 1. The van der Waals surface area contributed by atoms with Crippen LogP contribution in [0.5, 0.6) is 0 Å². The maximum absolute atomic E-state index is 11.2. The molecule has 0 aromatic carbocycles. The third-order valence-electron chi connectivity index (χ3n) is 3.75. The molecule has 0 bridgehead atoms. The second-order valence-corrected chi connectivity index (χ2v) is 17.3. The topological polar surface area (TPSA) is 26.3 Å². The van der Waals surface area contributed by atoms with Gasteiger partial charge in [0.15, 0.2) is 0 Å². The molecule has 0 unspecified atom stereocenters. The molecule has 0 atom stereocenters. The molecular formula is C18H35BrO2Si. The van der Waals surface area contributed by atoms with Crippen LogP contribution >= 0.6 is 15.3 Å². The summed E-state index contributed by atoms with van der Waals surface area (Å²) in [6, 6.07) is 1.41. The summed E-state index contributed by atoms with van der Waals surface area (Å²) in [5.74, 6) is -0.258. The molecule has 0 saturated heterocycles. The molecule has 0 radical (unpaired) electrons. The Bertz CT molecular complexity index is 311. The first kappa shape index (κ1) is 21.9. The van der Waals surface area contributed by atoms with E-state index in [0.29, 0.717) is 12.2 Å². The van der Waals surface area contributed by atoms with Crippen LogP contribution in [-0.2, 0) is 9.53 Å². The fraction of sp³-hybridized carbons (Fsp3) is 0.833. The quantitative estimate of drug-likeness (QED) is 0.110. The van der Waals surface area contributed by atoms with Gasteiger partial charge in [-0.25, -0.2) is 4.79 Å².